The lowest BCUT2D eigenvalue weighted by Crippen LogP contribution is -2.30. The number of rotatable bonds is 8. The molecule has 0 N–H and O–H groups in total. The zero-order chi connectivity index (χ0) is 44.9. The first kappa shape index (κ1) is 40.1. The molecule has 318 valence electrons. The second-order valence-electron chi connectivity index (χ2n) is 18.2. The minimum absolute atomic E-state index is 0.302. The highest BCUT2D eigenvalue weighted by Crippen LogP contribution is 2.54. The van der Waals surface area contributed by atoms with Crippen LogP contribution in [0.15, 0.2) is 255 Å². The first-order chi connectivity index (χ1) is 33.0. The molecule has 2 heteroatoms. The highest BCUT2D eigenvalue weighted by atomic mass is 15.2. The van der Waals surface area contributed by atoms with Crippen LogP contribution in [-0.4, -0.2) is 0 Å². The molecule has 1 heterocycles. The first-order valence-corrected chi connectivity index (χ1v) is 23.2. The molecule has 11 aromatic rings. The van der Waals surface area contributed by atoms with Gasteiger partial charge in [0.15, 0.2) is 0 Å². The van der Waals surface area contributed by atoms with Crippen molar-refractivity contribution in [3.05, 3.63) is 266 Å². The van der Waals surface area contributed by atoms with Crippen LogP contribution in [0.25, 0.3) is 66.1 Å². The summed E-state index contributed by atoms with van der Waals surface area (Å²) in [6.45, 7) is 4.79. The molecule has 12 rings (SSSR count). The first-order valence-electron chi connectivity index (χ1n) is 23.2. The lowest BCUT2D eigenvalue weighted by atomic mass is 9.72. The molecule has 11 aromatic carbocycles. The summed E-state index contributed by atoms with van der Waals surface area (Å²) in [5.41, 5.74) is 18.8. The maximum absolute atomic E-state index is 2.48. The van der Waals surface area contributed by atoms with Gasteiger partial charge in [-0.05, 0) is 150 Å². The smallest absolute Gasteiger partial charge is 0.0503 e. The van der Waals surface area contributed by atoms with Crippen LogP contribution in [0.5, 0.6) is 0 Å². The quantitative estimate of drug-likeness (QED) is 0.150. The van der Waals surface area contributed by atoms with E-state index in [2.05, 4.69) is 278 Å². The van der Waals surface area contributed by atoms with Gasteiger partial charge in [-0.1, -0.05) is 196 Å². The molecule has 0 amide bonds. The standard InChI is InChI=1S/C65H48N2/c1-65(2)61-43-53(50-28-37-57(38-29-50)66(55-33-24-48(25-34-55)45-14-5-3-6-15-45)56-35-26-49(27-36-56)46-16-7-4-8-17-46)31-40-63(61)67(58-39-30-47-18-9-10-20-52(47)42-58)64-41-32-54(44-62(64)65)60-23-13-21-51-19-11-12-22-59(51)60/h3-44H,1-2H3. The lowest BCUT2D eigenvalue weighted by molar-refractivity contribution is 0.632. The summed E-state index contributed by atoms with van der Waals surface area (Å²) in [7, 11) is 0. The van der Waals surface area contributed by atoms with Crippen LogP contribution in [0.2, 0.25) is 0 Å². The van der Waals surface area contributed by atoms with Crippen LogP contribution in [0, 0.1) is 0 Å². The molecule has 1 aliphatic heterocycles. The molecule has 0 spiro atoms. The Morgan fingerprint density at radius 1 is 0.313 bits per heavy atom. The summed E-state index contributed by atoms with van der Waals surface area (Å²) in [5.74, 6) is 0. The molecular formula is C65H48N2. The number of anilines is 6. The molecule has 1 aliphatic rings. The predicted molar refractivity (Wildman–Crippen MR) is 285 cm³/mol. The summed E-state index contributed by atoms with van der Waals surface area (Å²) in [5, 5.41) is 4.98. The van der Waals surface area contributed by atoms with Crippen LogP contribution in [0.3, 0.4) is 0 Å². The molecule has 0 aromatic heterocycles. The van der Waals surface area contributed by atoms with Crippen molar-refractivity contribution in [2.45, 2.75) is 19.3 Å². The Bertz CT molecular complexity index is 3490. The van der Waals surface area contributed by atoms with Crippen LogP contribution < -0.4 is 9.80 Å². The van der Waals surface area contributed by atoms with Crippen LogP contribution in [0.1, 0.15) is 25.0 Å². The fourth-order valence-electron chi connectivity index (χ4n) is 10.3. The SMILES string of the molecule is CC1(C)c2cc(-c3ccc(N(c4ccc(-c5ccccc5)cc4)c4ccc(-c5ccccc5)cc4)cc3)ccc2N(c2ccc3ccccc3c2)c2ccc(-c3cccc4ccccc34)cc21. The van der Waals surface area contributed by atoms with Crippen molar-refractivity contribution in [3.8, 4) is 44.5 Å². The Kier molecular flexibility index (Phi) is 9.88. The normalized spacial score (nSPS) is 12.7. The van der Waals surface area contributed by atoms with E-state index in [-0.39, 0.29) is 5.41 Å². The second-order valence-corrected chi connectivity index (χ2v) is 18.2. The second kappa shape index (κ2) is 16.5. The molecule has 0 saturated heterocycles. The molecule has 0 bridgehead atoms. The molecule has 0 unspecified atom stereocenters. The largest absolute Gasteiger partial charge is 0.311 e. The molecule has 0 fully saturated rings. The van der Waals surface area contributed by atoms with Gasteiger partial charge in [0.05, 0.1) is 11.4 Å². The van der Waals surface area contributed by atoms with Crippen molar-refractivity contribution >= 4 is 55.7 Å². The van der Waals surface area contributed by atoms with E-state index in [0.29, 0.717) is 0 Å². The highest BCUT2D eigenvalue weighted by molar-refractivity contribution is 5.99. The Hall–Kier alpha value is -8.46. The minimum atomic E-state index is -0.302. The monoisotopic (exact) mass is 856 g/mol. The predicted octanol–water partition coefficient (Wildman–Crippen LogP) is 18.2. The summed E-state index contributed by atoms with van der Waals surface area (Å²) in [6.07, 6.45) is 0. The third-order valence-corrected chi connectivity index (χ3v) is 13.8. The number of hydrogen-bond acceptors (Lipinski definition) is 2. The maximum Gasteiger partial charge on any atom is 0.0503 e. The van der Waals surface area contributed by atoms with Crippen molar-refractivity contribution in [1.29, 1.82) is 0 Å². The molecule has 2 nitrogen and oxygen atoms in total. The van der Waals surface area contributed by atoms with Gasteiger partial charge in [-0.2, -0.15) is 0 Å². The van der Waals surface area contributed by atoms with E-state index in [0.717, 1.165) is 22.7 Å². The minimum Gasteiger partial charge on any atom is -0.311 e. The van der Waals surface area contributed by atoms with Gasteiger partial charge >= 0.3 is 0 Å². The fraction of sp³-hybridized carbons (Fsp3) is 0.0462. The summed E-state index contributed by atoms with van der Waals surface area (Å²) >= 11 is 0. The Morgan fingerprint density at radius 3 is 1.33 bits per heavy atom. The average Bonchev–Trinajstić information content (AvgIpc) is 3.39. The van der Waals surface area contributed by atoms with Gasteiger partial charge in [0.25, 0.3) is 0 Å². The van der Waals surface area contributed by atoms with Gasteiger partial charge in [0.1, 0.15) is 0 Å². The Labute approximate surface area is 393 Å². The van der Waals surface area contributed by atoms with Gasteiger partial charge in [-0.25, -0.2) is 0 Å². The van der Waals surface area contributed by atoms with E-state index in [9.17, 15) is 0 Å². The van der Waals surface area contributed by atoms with E-state index >= 15 is 0 Å². The third-order valence-electron chi connectivity index (χ3n) is 13.8. The number of benzene rings is 11. The topological polar surface area (TPSA) is 6.48 Å². The molecule has 0 radical (unpaired) electrons. The third kappa shape index (κ3) is 7.24. The molecule has 0 saturated carbocycles. The molecular weight excluding hydrogens is 809 g/mol. The van der Waals surface area contributed by atoms with Crippen LogP contribution in [-0.2, 0) is 5.41 Å². The van der Waals surface area contributed by atoms with Crippen molar-refractivity contribution in [2.75, 3.05) is 9.80 Å². The zero-order valence-corrected chi connectivity index (χ0v) is 37.6. The maximum atomic E-state index is 2.48. The number of fused-ring (bicyclic) bond motifs is 4. The highest BCUT2D eigenvalue weighted by Gasteiger charge is 2.37. The van der Waals surface area contributed by atoms with Gasteiger partial charge < -0.3 is 9.80 Å². The van der Waals surface area contributed by atoms with E-state index in [1.165, 1.54) is 88.6 Å². The number of nitrogens with zero attached hydrogens (tertiary/aromatic N) is 2. The van der Waals surface area contributed by atoms with Crippen molar-refractivity contribution in [2.24, 2.45) is 0 Å². The lowest BCUT2D eigenvalue weighted by Gasteiger charge is -2.42. The van der Waals surface area contributed by atoms with E-state index < -0.39 is 0 Å². The fourth-order valence-corrected chi connectivity index (χ4v) is 10.3. The molecule has 0 aliphatic carbocycles. The van der Waals surface area contributed by atoms with Gasteiger partial charge in [0, 0.05) is 28.2 Å². The van der Waals surface area contributed by atoms with Crippen LogP contribution in [0.4, 0.5) is 34.1 Å². The summed E-state index contributed by atoms with van der Waals surface area (Å²) < 4.78 is 0. The summed E-state index contributed by atoms with van der Waals surface area (Å²) in [6, 6.07) is 93.2. The van der Waals surface area contributed by atoms with Crippen molar-refractivity contribution in [1.82, 2.24) is 0 Å². The van der Waals surface area contributed by atoms with Crippen molar-refractivity contribution in [3.63, 3.8) is 0 Å². The summed E-state index contributed by atoms with van der Waals surface area (Å²) in [4.78, 5) is 4.83. The molecule has 0 atom stereocenters. The average molecular weight is 857 g/mol. The van der Waals surface area contributed by atoms with Gasteiger partial charge in [-0.15, -0.1) is 0 Å². The van der Waals surface area contributed by atoms with E-state index in [1.807, 2.05) is 0 Å². The Morgan fingerprint density at radius 2 is 0.746 bits per heavy atom. The Balaban J connectivity index is 0.950. The van der Waals surface area contributed by atoms with Gasteiger partial charge in [-0.3, -0.25) is 0 Å². The number of hydrogen-bond donors (Lipinski definition) is 0. The molecule has 67 heavy (non-hydrogen) atoms. The van der Waals surface area contributed by atoms with Gasteiger partial charge in [0.2, 0.25) is 0 Å². The van der Waals surface area contributed by atoms with E-state index in [1.54, 1.807) is 0 Å². The van der Waals surface area contributed by atoms with Crippen molar-refractivity contribution < 1.29 is 0 Å². The van der Waals surface area contributed by atoms with Crippen LogP contribution >= 0.6 is 0 Å². The zero-order valence-electron chi connectivity index (χ0n) is 37.6. The van der Waals surface area contributed by atoms with E-state index in [4.69, 9.17) is 0 Å².